The van der Waals surface area contributed by atoms with E-state index in [-0.39, 0.29) is 38.0 Å². The molecular weight excluding hydrogens is 821 g/mol. The number of cyclic esters (lactones) is 1. The lowest BCUT2D eigenvalue weighted by atomic mass is 9.74. The van der Waals surface area contributed by atoms with Crippen molar-refractivity contribution in [3.8, 4) is 5.75 Å². The average Bonchev–Trinajstić information content (AvgIpc) is 3.23. The van der Waals surface area contributed by atoms with E-state index < -0.39 is 114 Å². The Kier molecular flexibility index (Phi) is 18.0. The molecule has 0 saturated carbocycles. The Morgan fingerprint density at radius 2 is 1.54 bits per heavy atom. The SMILES string of the molecule is CC[C@H]1OC(=O)[C@H](C)[C@@H](O[C@H]2C[C@@](C)(OC)[C@H](OC(=O)NCc3ccc(OC)cc3)[C@H](C)O2)[C@H](C)[C@@H](O[C@@H]2O[C@H](C)C[C@H](N(C)C)[C@@H]2O)[C@@](C)(O)C[C@@H](C)C(=O)[C@H](C)[C@H](O)[C@]1(C)O. The van der Waals surface area contributed by atoms with Crippen LogP contribution in [0.25, 0.3) is 0 Å². The number of carbonyl (C=O) groups excluding carboxylic acids is 3. The van der Waals surface area contributed by atoms with Gasteiger partial charge in [-0.25, -0.2) is 4.79 Å². The second kappa shape index (κ2) is 21.6. The van der Waals surface area contributed by atoms with E-state index in [1.165, 1.54) is 27.9 Å². The lowest BCUT2D eigenvalue weighted by molar-refractivity contribution is -0.317. The van der Waals surface area contributed by atoms with Crippen LogP contribution in [0.4, 0.5) is 4.79 Å². The van der Waals surface area contributed by atoms with E-state index >= 15 is 0 Å². The van der Waals surface area contributed by atoms with Crippen LogP contribution >= 0.6 is 0 Å². The maximum absolute atomic E-state index is 14.4. The summed E-state index contributed by atoms with van der Waals surface area (Å²) in [6.07, 6.45) is -11.0. The molecule has 17 nitrogen and oxygen atoms in total. The first-order chi connectivity index (χ1) is 29.3. The fraction of sp³-hybridized carbons (Fsp3) is 0.804. The molecule has 1 aromatic carbocycles. The first-order valence-electron chi connectivity index (χ1n) is 22.3. The van der Waals surface area contributed by atoms with Gasteiger partial charge in [0.05, 0.1) is 49.1 Å². The molecule has 3 aliphatic rings. The minimum atomic E-state index is -2.04. The van der Waals surface area contributed by atoms with Crippen LogP contribution in [0.1, 0.15) is 100 Å². The molecule has 0 unspecified atom stereocenters. The fourth-order valence-electron chi connectivity index (χ4n) is 9.69. The third-order valence-corrected chi connectivity index (χ3v) is 13.6. The number of aliphatic hydroxyl groups excluding tert-OH is 2. The lowest BCUT2D eigenvalue weighted by Gasteiger charge is -2.49. The minimum Gasteiger partial charge on any atom is -0.497 e. The van der Waals surface area contributed by atoms with Crippen molar-refractivity contribution in [2.75, 3.05) is 28.3 Å². The van der Waals surface area contributed by atoms with Crippen molar-refractivity contribution in [2.24, 2.45) is 23.7 Å². The zero-order valence-electron chi connectivity index (χ0n) is 39.7. The summed E-state index contributed by atoms with van der Waals surface area (Å²) < 4.78 is 49.2. The van der Waals surface area contributed by atoms with E-state index in [1.807, 2.05) is 38.1 Å². The summed E-state index contributed by atoms with van der Waals surface area (Å²) in [5, 5.41) is 50.1. The first-order valence-corrected chi connectivity index (χ1v) is 22.3. The maximum Gasteiger partial charge on any atom is 0.407 e. The summed E-state index contributed by atoms with van der Waals surface area (Å²) in [4.78, 5) is 43.4. The van der Waals surface area contributed by atoms with Gasteiger partial charge in [0.1, 0.15) is 34.9 Å². The van der Waals surface area contributed by atoms with Gasteiger partial charge >= 0.3 is 12.1 Å². The van der Waals surface area contributed by atoms with Gasteiger partial charge in [0.25, 0.3) is 0 Å². The highest BCUT2D eigenvalue weighted by Gasteiger charge is 2.54. The molecule has 1 aromatic rings. The second-order valence-electron chi connectivity index (χ2n) is 19.1. The molecule has 63 heavy (non-hydrogen) atoms. The summed E-state index contributed by atoms with van der Waals surface area (Å²) in [5.74, 6) is -4.54. The van der Waals surface area contributed by atoms with Crippen molar-refractivity contribution in [1.82, 2.24) is 10.2 Å². The molecule has 5 N–H and O–H groups in total. The highest BCUT2D eigenvalue weighted by atomic mass is 16.7. The van der Waals surface area contributed by atoms with E-state index in [1.54, 1.807) is 60.8 Å². The van der Waals surface area contributed by atoms with Gasteiger partial charge in [-0.05, 0) is 92.6 Å². The quantitative estimate of drug-likeness (QED) is 0.200. The molecule has 0 radical (unpaired) electrons. The van der Waals surface area contributed by atoms with Crippen LogP contribution in [0.5, 0.6) is 5.75 Å². The molecule has 0 spiro atoms. The number of hydrogen-bond donors (Lipinski definition) is 5. The van der Waals surface area contributed by atoms with E-state index in [4.69, 9.17) is 37.9 Å². The van der Waals surface area contributed by atoms with Crippen LogP contribution < -0.4 is 10.1 Å². The first kappa shape index (κ1) is 52.7. The average molecular weight is 897 g/mol. The predicted molar refractivity (Wildman–Crippen MR) is 230 cm³/mol. The number of ether oxygens (including phenoxy) is 8. The molecule has 3 heterocycles. The number of hydrogen-bond acceptors (Lipinski definition) is 16. The molecule has 18 atom stereocenters. The zero-order valence-corrected chi connectivity index (χ0v) is 39.7. The van der Waals surface area contributed by atoms with Crippen LogP contribution in [0.3, 0.4) is 0 Å². The second-order valence-corrected chi connectivity index (χ2v) is 19.1. The number of ketones is 1. The third-order valence-electron chi connectivity index (χ3n) is 13.6. The van der Waals surface area contributed by atoms with Crippen molar-refractivity contribution in [3.63, 3.8) is 0 Å². The van der Waals surface area contributed by atoms with Gasteiger partial charge in [-0.1, -0.05) is 39.8 Å². The number of nitrogens with zero attached hydrogens (tertiary/aromatic N) is 1. The number of rotatable bonds is 11. The van der Waals surface area contributed by atoms with E-state index in [0.29, 0.717) is 12.2 Å². The van der Waals surface area contributed by atoms with Crippen molar-refractivity contribution in [2.45, 2.75) is 186 Å². The molecule has 0 aromatic heterocycles. The highest BCUT2D eigenvalue weighted by molar-refractivity contribution is 5.83. The van der Waals surface area contributed by atoms with Crippen LogP contribution in [-0.2, 0) is 49.3 Å². The van der Waals surface area contributed by atoms with Gasteiger partial charge in [-0.15, -0.1) is 0 Å². The Hall–Kier alpha value is -2.97. The molecule has 0 bridgehead atoms. The van der Waals surface area contributed by atoms with Crippen LogP contribution in [0.15, 0.2) is 24.3 Å². The smallest absolute Gasteiger partial charge is 0.407 e. The zero-order chi connectivity index (χ0) is 47.4. The van der Waals surface area contributed by atoms with Gasteiger partial charge in [0.15, 0.2) is 18.7 Å². The number of benzene rings is 1. The summed E-state index contributed by atoms with van der Waals surface area (Å²) in [7, 11) is 6.74. The largest absolute Gasteiger partial charge is 0.497 e. The monoisotopic (exact) mass is 897 g/mol. The van der Waals surface area contributed by atoms with Crippen molar-refractivity contribution in [3.05, 3.63) is 29.8 Å². The molecule has 360 valence electrons. The molecule has 17 heteroatoms. The Balaban J connectivity index is 1.72. The summed E-state index contributed by atoms with van der Waals surface area (Å²) in [5.41, 5.74) is -4.22. The molecule has 4 rings (SSSR count). The topological polar surface area (TPSA) is 221 Å². The van der Waals surface area contributed by atoms with Gasteiger partial charge in [0.2, 0.25) is 0 Å². The predicted octanol–water partition coefficient (Wildman–Crippen LogP) is 3.73. The van der Waals surface area contributed by atoms with Crippen molar-refractivity contribution in [1.29, 1.82) is 0 Å². The van der Waals surface area contributed by atoms with E-state index in [2.05, 4.69) is 5.32 Å². The number of methoxy groups -OCH3 is 2. The highest BCUT2D eigenvalue weighted by Crippen LogP contribution is 2.41. The summed E-state index contributed by atoms with van der Waals surface area (Å²) in [6, 6.07) is 6.86. The number of aliphatic hydroxyl groups is 4. The maximum atomic E-state index is 14.4. The van der Waals surface area contributed by atoms with Gasteiger partial charge < -0.3 is 68.5 Å². The van der Waals surface area contributed by atoms with Crippen molar-refractivity contribution >= 4 is 17.8 Å². The number of carbonyl (C=O) groups is 3. The standard InChI is InChI=1S/C46H76N2O15/c1-15-33-46(10,55)38(51)26(4)35(49)24(2)21-44(8,54)39(62-42-36(50)32(48(11)12)20-25(3)58-42)27(5)37(28(6)41(52)60-33)61-34-22-45(9,57-14)40(29(7)59-34)63-43(53)47-23-30-16-18-31(56-13)19-17-30/h16-19,24-29,32-34,36-40,42,50-51,54-55H,15,20-23H2,1-14H3,(H,47,53)/t24-,25-,26+,27+,28-,29+,32+,33-,34+,36+,37+,38+,39-,40-,42+,44+,45-,46-/m1/s1. The number of Topliss-reactive ketones (excluding diaryl/α,β-unsaturated/α-hetero) is 1. The van der Waals surface area contributed by atoms with Crippen molar-refractivity contribution < 1.29 is 72.7 Å². The van der Waals surface area contributed by atoms with Crippen LogP contribution in [0.2, 0.25) is 0 Å². The lowest BCUT2D eigenvalue weighted by Crippen LogP contribution is -2.61. The fourth-order valence-corrected chi connectivity index (χ4v) is 9.69. The summed E-state index contributed by atoms with van der Waals surface area (Å²) >= 11 is 0. The molecule has 3 aliphatic heterocycles. The van der Waals surface area contributed by atoms with Crippen LogP contribution in [-0.4, -0.2) is 156 Å². The Bertz CT molecular complexity index is 1660. The molecule has 3 saturated heterocycles. The molecule has 3 fully saturated rings. The Morgan fingerprint density at radius 1 is 0.905 bits per heavy atom. The molecular formula is C46H76N2O15. The van der Waals surface area contributed by atoms with Gasteiger partial charge in [-0.2, -0.15) is 0 Å². The third kappa shape index (κ3) is 12.3. The Labute approximate surface area is 373 Å². The number of alkyl carbamates (subject to hydrolysis) is 1. The normalized spacial score (nSPS) is 42.2. The molecule has 0 aliphatic carbocycles. The number of esters is 1. The van der Waals surface area contributed by atoms with E-state index in [9.17, 15) is 34.8 Å². The number of nitrogens with one attached hydrogen (secondary N) is 1. The van der Waals surface area contributed by atoms with Gasteiger partial charge in [0, 0.05) is 43.9 Å². The van der Waals surface area contributed by atoms with Crippen LogP contribution in [0, 0.1) is 23.7 Å². The van der Waals surface area contributed by atoms with Gasteiger partial charge in [-0.3, -0.25) is 9.59 Å². The summed E-state index contributed by atoms with van der Waals surface area (Å²) in [6.45, 7) is 16.5. The number of likely N-dealkylation sites (N-methyl/N-ethyl adjacent to an activating group) is 1. The number of amides is 1. The van der Waals surface area contributed by atoms with E-state index in [0.717, 1.165) is 5.56 Å². The molecule has 1 amide bonds. The Morgan fingerprint density at radius 3 is 2.11 bits per heavy atom. The minimum absolute atomic E-state index is 0.0194.